The average Bonchev–Trinajstić information content (AvgIpc) is 2.55. The lowest BCUT2D eigenvalue weighted by molar-refractivity contribution is -0.140. The number of hydrogen-bond donors (Lipinski definition) is 1. The Hall–Kier alpha value is -2.49. The Morgan fingerprint density at radius 2 is 1.86 bits per heavy atom. The van der Waals surface area contributed by atoms with Gasteiger partial charge in [0, 0.05) is 5.69 Å². The maximum Gasteiger partial charge on any atom is 0.307 e. The van der Waals surface area contributed by atoms with E-state index < -0.39 is 0 Å². The van der Waals surface area contributed by atoms with E-state index in [1.54, 1.807) is 7.11 Å². The molecule has 2 aromatic carbocycles. The van der Waals surface area contributed by atoms with Crippen LogP contribution in [0.5, 0.6) is 5.75 Å². The van der Waals surface area contributed by atoms with Gasteiger partial charge in [0.1, 0.15) is 5.75 Å². The lowest BCUT2D eigenvalue weighted by Gasteiger charge is -2.20. The molecule has 4 heteroatoms. The summed E-state index contributed by atoms with van der Waals surface area (Å²) in [6.45, 7) is 0. The summed E-state index contributed by atoms with van der Waals surface area (Å²) in [6, 6.07) is 17.3. The van der Waals surface area contributed by atoms with Crippen LogP contribution in [-0.2, 0) is 9.53 Å². The number of hydrogen-bond acceptors (Lipinski definition) is 4. The summed E-state index contributed by atoms with van der Waals surface area (Å²) in [7, 11) is 3.02. The van der Waals surface area contributed by atoms with E-state index in [0.717, 1.165) is 17.0 Å². The Balaban J connectivity index is 2.24. The van der Waals surface area contributed by atoms with E-state index in [4.69, 9.17) is 9.47 Å². The van der Waals surface area contributed by atoms with Crippen LogP contribution in [0.3, 0.4) is 0 Å². The molecule has 0 aliphatic heterocycles. The zero-order valence-corrected chi connectivity index (χ0v) is 12.2. The monoisotopic (exact) mass is 285 g/mol. The topological polar surface area (TPSA) is 47.6 Å². The summed E-state index contributed by atoms with van der Waals surface area (Å²) in [5.41, 5.74) is 1.93. The highest BCUT2D eigenvalue weighted by Gasteiger charge is 2.17. The van der Waals surface area contributed by atoms with Gasteiger partial charge in [0.2, 0.25) is 0 Å². The van der Waals surface area contributed by atoms with Crippen LogP contribution in [0, 0.1) is 0 Å². The number of nitrogens with one attached hydrogen (secondary N) is 1. The first-order valence-corrected chi connectivity index (χ1v) is 6.75. The molecular formula is C17H19NO3. The smallest absolute Gasteiger partial charge is 0.307 e. The highest BCUT2D eigenvalue weighted by molar-refractivity contribution is 5.71. The van der Waals surface area contributed by atoms with Gasteiger partial charge < -0.3 is 14.8 Å². The van der Waals surface area contributed by atoms with Crippen molar-refractivity contribution in [3.63, 3.8) is 0 Å². The third-order valence-corrected chi connectivity index (χ3v) is 3.21. The second-order valence-electron chi connectivity index (χ2n) is 4.62. The van der Waals surface area contributed by atoms with Crippen LogP contribution >= 0.6 is 0 Å². The molecule has 0 spiro atoms. The first-order chi connectivity index (χ1) is 10.2. The summed E-state index contributed by atoms with van der Waals surface area (Å²) >= 11 is 0. The first kappa shape index (κ1) is 14.9. The van der Waals surface area contributed by atoms with Crippen LogP contribution in [0.25, 0.3) is 0 Å². The van der Waals surface area contributed by atoms with Crippen LogP contribution in [-0.4, -0.2) is 20.2 Å². The highest BCUT2D eigenvalue weighted by Crippen LogP contribution is 2.26. The summed E-state index contributed by atoms with van der Waals surface area (Å²) in [5.74, 6) is 0.503. The molecule has 0 aliphatic carbocycles. The fraction of sp³-hybridized carbons (Fsp3) is 0.235. The van der Waals surface area contributed by atoms with Gasteiger partial charge in [0.15, 0.2) is 0 Å². The first-order valence-electron chi connectivity index (χ1n) is 6.75. The van der Waals surface area contributed by atoms with Crippen molar-refractivity contribution in [1.29, 1.82) is 0 Å². The van der Waals surface area contributed by atoms with Gasteiger partial charge in [-0.3, -0.25) is 4.79 Å². The number of ether oxygens (including phenoxy) is 2. The minimum absolute atomic E-state index is 0.171. The zero-order valence-electron chi connectivity index (χ0n) is 12.2. The standard InChI is InChI=1S/C17H19NO3/c1-20-15-10-6-7-13(11-15)16(12-17(19)21-2)18-14-8-4-3-5-9-14/h3-11,16,18H,12H2,1-2H3/t16-/m1/s1. The molecule has 0 fully saturated rings. The molecular weight excluding hydrogens is 266 g/mol. The molecule has 2 rings (SSSR count). The van der Waals surface area contributed by atoms with Crippen LogP contribution in [0.1, 0.15) is 18.0 Å². The Bertz CT molecular complexity index is 584. The molecule has 0 radical (unpaired) electrons. The van der Waals surface area contributed by atoms with Gasteiger partial charge in [0.25, 0.3) is 0 Å². The lowest BCUT2D eigenvalue weighted by atomic mass is 10.0. The number of esters is 1. The number of carbonyl (C=O) groups excluding carboxylic acids is 1. The SMILES string of the molecule is COC(=O)C[C@@H](Nc1ccccc1)c1cccc(OC)c1. The van der Waals surface area contributed by atoms with Gasteiger partial charge >= 0.3 is 5.97 Å². The van der Waals surface area contributed by atoms with Crippen molar-refractivity contribution >= 4 is 11.7 Å². The summed E-state index contributed by atoms with van der Waals surface area (Å²) in [4.78, 5) is 11.6. The second kappa shape index (κ2) is 7.33. The number of carbonyl (C=O) groups is 1. The molecule has 0 heterocycles. The molecule has 110 valence electrons. The van der Waals surface area contributed by atoms with Crippen LogP contribution in [0.15, 0.2) is 54.6 Å². The van der Waals surface area contributed by atoms with Gasteiger partial charge in [-0.2, -0.15) is 0 Å². The molecule has 21 heavy (non-hydrogen) atoms. The van der Waals surface area contributed by atoms with E-state index in [-0.39, 0.29) is 18.4 Å². The molecule has 0 bridgehead atoms. The van der Waals surface area contributed by atoms with Crippen molar-refractivity contribution in [2.24, 2.45) is 0 Å². The summed E-state index contributed by atoms with van der Waals surface area (Å²) in [6.07, 6.45) is 0.249. The minimum Gasteiger partial charge on any atom is -0.497 e. The molecule has 1 N–H and O–H groups in total. The maximum atomic E-state index is 11.6. The van der Waals surface area contributed by atoms with Crippen molar-refractivity contribution in [2.45, 2.75) is 12.5 Å². The Morgan fingerprint density at radius 1 is 1.10 bits per heavy atom. The number of para-hydroxylation sites is 1. The van der Waals surface area contributed by atoms with Gasteiger partial charge in [-0.1, -0.05) is 30.3 Å². The quantitative estimate of drug-likeness (QED) is 0.826. The fourth-order valence-electron chi connectivity index (χ4n) is 2.10. The van der Waals surface area contributed by atoms with E-state index in [0.29, 0.717) is 0 Å². The molecule has 0 saturated heterocycles. The predicted octanol–water partition coefficient (Wildman–Crippen LogP) is 3.41. The van der Waals surface area contributed by atoms with Crippen molar-refractivity contribution in [2.75, 3.05) is 19.5 Å². The van der Waals surface area contributed by atoms with E-state index >= 15 is 0 Å². The summed E-state index contributed by atoms with van der Waals surface area (Å²) < 4.78 is 10.0. The molecule has 0 aliphatic rings. The molecule has 0 amide bonds. The number of benzene rings is 2. The maximum absolute atomic E-state index is 11.6. The molecule has 4 nitrogen and oxygen atoms in total. The van der Waals surface area contributed by atoms with E-state index in [1.807, 2.05) is 54.6 Å². The van der Waals surface area contributed by atoms with Crippen LogP contribution < -0.4 is 10.1 Å². The van der Waals surface area contributed by atoms with Gasteiger partial charge in [-0.05, 0) is 29.8 Å². The molecule has 0 aromatic heterocycles. The highest BCUT2D eigenvalue weighted by atomic mass is 16.5. The van der Waals surface area contributed by atoms with Gasteiger partial charge in [-0.25, -0.2) is 0 Å². The van der Waals surface area contributed by atoms with Crippen molar-refractivity contribution in [3.05, 3.63) is 60.2 Å². The lowest BCUT2D eigenvalue weighted by Crippen LogP contribution is -2.16. The number of methoxy groups -OCH3 is 2. The summed E-state index contributed by atoms with van der Waals surface area (Å²) in [5, 5.41) is 3.36. The van der Waals surface area contributed by atoms with E-state index in [2.05, 4.69) is 5.32 Å². The van der Waals surface area contributed by atoms with Crippen molar-refractivity contribution in [1.82, 2.24) is 0 Å². The second-order valence-corrected chi connectivity index (χ2v) is 4.62. The minimum atomic E-state index is -0.258. The molecule has 0 unspecified atom stereocenters. The van der Waals surface area contributed by atoms with Crippen LogP contribution in [0.4, 0.5) is 5.69 Å². The molecule has 2 aromatic rings. The Morgan fingerprint density at radius 3 is 2.52 bits per heavy atom. The predicted molar refractivity (Wildman–Crippen MR) is 82.4 cm³/mol. The fourth-order valence-corrected chi connectivity index (χ4v) is 2.10. The number of rotatable bonds is 6. The number of anilines is 1. The molecule has 1 atom stereocenters. The third-order valence-electron chi connectivity index (χ3n) is 3.21. The zero-order chi connectivity index (χ0) is 15.1. The Labute approximate surface area is 124 Å². The third kappa shape index (κ3) is 4.24. The van der Waals surface area contributed by atoms with Gasteiger partial charge in [0.05, 0.1) is 26.7 Å². The Kier molecular flexibility index (Phi) is 5.21. The van der Waals surface area contributed by atoms with Gasteiger partial charge in [-0.15, -0.1) is 0 Å². The average molecular weight is 285 g/mol. The van der Waals surface area contributed by atoms with Crippen LogP contribution in [0.2, 0.25) is 0 Å². The van der Waals surface area contributed by atoms with E-state index in [9.17, 15) is 4.79 Å². The van der Waals surface area contributed by atoms with Crippen molar-refractivity contribution in [3.8, 4) is 5.75 Å². The normalized spacial score (nSPS) is 11.5. The molecule has 0 saturated carbocycles. The van der Waals surface area contributed by atoms with Crippen molar-refractivity contribution < 1.29 is 14.3 Å². The largest absolute Gasteiger partial charge is 0.497 e. The van der Waals surface area contributed by atoms with E-state index in [1.165, 1.54) is 7.11 Å².